The summed E-state index contributed by atoms with van der Waals surface area (Å²) < 4.78 is 2.55. The van der Waals surface area contributed by atoms with Gasteiger partial charge in [-0.15, -0.1) is 0 Å². The van der Waals surface area contributed by atoms with Gasteiger partial charge >= 0.3 is 0 Å². The van der Waals surface area contributed by atoms with Crippen molar-refractivity contribution in [1.29, 1.82) is 0 Å². The summed E-state index contributed by atoms with van der Waals surface area (Å²) >= 11 is 3.27. The smallest absolute Gasteiger partial charge is 0.272 e. The van der Waals surface area contributed by atoms with Crippen LogP contribution >= 0.6 is 15.9 Å². The molecule has 0 bridgehead atoms. The third-order valence-electron chi connectivity index (χ3n) is 2.75. The molecule has 0 aliphatic rings. The molecule has 0 aliphatic heterocycles. The first-order chi connectivity index (χ1) is 9.47. The Kier molecular flexibility index (Phi) is 4.49. The van der Waals surface area contributed by atoms with Gasteiger partial charge in [-0.1, -0.05) is 0 Å². The van der Waals surface area contributed by atoms with Crippen molar-refractivity contribution in [3.63, 3.8) is 0 Å². The van der Waals surface area contributed by atoms with E-state index in [9.17, 15) is 4.79 Å². The number of nitrogens with zero attached hydrogens (tertiary/aromatic N) is 4. The average Bonchev–Trinajstić information content (AvgIpc) is 2.89. The van der Waals surface area contributed by atoms with Crippen molar-refractivity contribution in [2.24, 2.45) is 0 Å². The van der Waals surface area contributed by atoms with Crippen LogP contribution < -0.4 is 5.32 Å². The number of hydrogen-bond acceptors (Lipinski definition) is 4. The molecule has 2 aromatic heterocycles. The summed E-state index contributed by atoms with van der Waals surface area (Å²) in [7, 11) is 0. The van der Waals surface area contributed by atoms with E-state index in [0.717, 1.165) is 4.47 Å². The molecule has 0 fully saturated rings. The van der Waals surface area contributed by atoms with E-state index >= 15 is 0 Å². The maximum absolute atomic E-state index is 12.1. The minimum absolute atomic E-state index is 0.226. The lowest BCUT2D eigenvalue weighted by Gasteiger charge is -2.11. The van der Waals surface area contributed by atoms with Crippen LogP contribution in [0.1, 0.15) is 49.2 Å². The van der Waals surface area contributed by atoms with Crippen LogP contribution in [0, 0.1) is 0 Å². The van der Waals surface area contributed by atoms with Crippen molar-refractivity contribution in [3.05, 3.63) is 40.6 Å². The predicted octanol–water partition coefficient (Wildman–Crippen LogP) is 2.51. The van der Waals surface area contributed by atoms with E-state index in [2.05, 4.69) is 36.3 Å². The summed E-state index contributed by atoms with van der Waals surface area (Å²) in [4.78, 5) is 20.4. The Morgan fingerprint density at radius 3 is 2.50 bits per heavy atom. The quantitative estimate of drug-likeness (QED) is 0.930. The molecule has 2 aromatic rings. The normalized spacial score (nSPS) is 12.4. The van der Waals surface area contributed by atoms with Crippen LogP contribution in [-0.2, 0) is 0 Å². The fourth-order valence-corrected chi connectivity index (χ4v) is 1.83. The third-order valence-corrected chi connectivity index (χ3v) is 3.15. The van der Waals surface area contributed by atoms with Gasteiger partial charge in [-0.05, 0) is 42.8 Å². The van der Waals surface area contributed by atoms with E-state index in [-0.39, 0.29) is 18.0 Å². The van der Waals surface area contributed by atoms with Crippen LogP contribution in [0.4, 0.5) is 0 Å². The standard InChI is InChI=1S/C13H16BrN5O/c1-8(2)19-5-4-11(18-19)13(20)17-9(3)12-15-6-10(14)7-16-12/h4-9H,1-3H3,(H,17,20)/t9-/m1/s1. The van der Waals surface area contributed by atoms with Gasteiger partial charge in [0.1, 0.15) is 11.5 Å². The van der Waals surface area contributed by atoms with Crippen molar-refractivity contribution in [2.75, 3.05) is 0 Å². The van der Waals surface area contributed by atoms with Crippen LogP contribution in [0.5, 0.6) is 0 Å². The van der Waals surface area contributed by atoms with Gasteiger partial charge in [0.05, 0.1) is 10.5 Å². The minimum Gasteiger partial charge on any atom is -0.341 e. The summed E-state index contributed by atoms with van der Waals surface area (Å²) in [6.45, 7) is 5.85. The molecule has 0 aliphatic carbocycles. The highest BCUT2D eigenvalue weighted by Gasteiger charge is 2.16. The highest BCUT2D eigenvalue weighted by molar-refractivity contribution is 9.10. The van der Waals surface area contributed by atoms with Gasteiger partial charge in [0.25, 0.3) is 5.91 Å². The zero-order valence-corrected chi connectivity index (χ0v) is 13.1. The number of aromatic nitrogens is 4. The van der Waals surface area contributed by atoms with E-state index < -0.39 is 0 Å². The molecule has 0 saturated carbocycles. The molecule has 6 nitrogen and oxygen atoms in total. The second-order valence-electron chi connectivity index (χ2n) is 4.73. The summed E-state index contributed by atoms with van der Waals surface area (Å²) in [6.07, 6.45) is 5.09. The van der Waals surface area contributed by atoms with Crippen molar-refractivity contribution in [3.8, 4) is 0 Å². The van der Waals surface area contributed by atoms with E-state index in [1.807, 2.05) is 20.8 Å². The molecule has 1 amide bonds. The largest absolute Gasteiger partial charge is 0.341 e. The molecular formula is C13H16BrN5O. The first kappa shape index (κ1) is 14.6. The Morgan fingerprint density at radius 2 is 1.95 bits per heavy atom. The van der Waals surface area contributed by atoms with Crippen LogP contribution in [0.15, 0.2) is 29.1 Å². The highest BCUT2D eigenvalue weighted by Crippen LogP contribution is 2.11. The number of amides is 1. The molecule has 0 aromatic carbocycles. The van der Waals surface area contributed by atoms with Crippen LogP contribution in [0.25, 0.3) is 0 Å². The lowest BCUT2D eigenvalue weighted by Crippen LogP contribution is -2.28. The molecule has 1 atom stereocenters. The first-order valence-electron chi connectivity index (χ1n) is 6.31. The third kappa shape index (κ3) is 3.41. The molecule has 0 spiro atoms. The van der Waals surface area contributed by atoms with Crippen molar-refractivity contribution in [1.82, 2.24) is 25.1 Å². The summed E-state index contributed by atoms with van der Waals surface area (Å²) in [5.74, 6) is 0.327. The van der Waals surface area contributed by atoms with Gasteiger partial charge in [-0.3, -0.25) is 9.48 Å². The number of carbonyl (C=O) groups excluding carboxylic acids is 1. The molecular weight excluding hydrogens is 322 g/mol. The SMILES string of the molecule is CC(C)n1ccc(C(=O)N[C@H](C)c2ncc(Br)cn2)n1. The molecule has 2 heterocycles. The Bertz CT molecular complexity index is 593. The lowest BCUT2D eigenvalue weighted by molar-refractivity contribution is 0.0932. The predicted molar refractivity (Wildman–Crippen MR) is 78.2 cm³/mol. The summed E-state index contributed by atoms with van der Waals surface area (Å²) in [5, 5.41) is 7.06. The number of rotatable bonds is 4. The summed E-state index contributed by atoms with van der Waals surface area (Å²) in [6, 6.07) is 1.65. The molecule has 106 valence electrons. The fourth-order valence-electron chi connectivity index (χ4n) is 1.63. The lowest BCUT2D eigenvalue weighted by atomic mass is 10.3. The topological polar surface area (TPSA) is 72.7 Å². The maximum atomic E-state index is 12.1. The monoisotopic (exact) mass is 337 g/mol. The number of nitrogens with one attached hydrogen (secondary N) is 1. The van der Waals surface area contributed by atoms with Gasteiger partial charge in [0, 0.05) is 24.6 Å². The minimum atomic E-state index is -0.278. The van der Waals surface area contributed by atoms with Gasteiger partial charge in [0.2, 0.25) is 0 Å². The molecule has 0 unspecified atom stereocenters. The van der Waals surface area contributed by atoms with Crippen molar-refractivity contribution >= 4 is 21.8 Å². The molecule has 7 heteroatoms. The van der Waals surface area contributed by atoms with Crippen molar-refractivity contribution < 1.29 is 4.79 Å². The second kappa shape index (κ2) is 6.13. The Hall–Kier alpha value is -1.76. The van der Waals surface area contributed by atoms with Gasteiger partial charge < -0.3 is 5.32 Å². The molecule has 0 radical (unpaired) electrons. The zero-order valence-electron chi connectivity index (χ0n) is 11.5. The average molecular weight is 338 g/mol. The Balaban J connectivity index is 2.04. The molecule has 1 N–H and O–H groups in total. The molecule has 0 saturated heterocycles. The number of hydrogen-bond donors (Lipinski definition) is 1. The molecule has 20 heavy (non-hydrogen) atoms. The zero-order chi connectivity index (χ0) is 14.7. The van der Waals surface area contributed by atoms with Gasteiger partial charge in [-0.25, -0.2) is 9.97 Å². The summed E-state index contributed by atoms with van der Waals surface area (Å²) in [5.41, 5.74) is 0.391. The Morgan fingerprint density at radius 1 is 1.30 bits per heavy atom. The van der Waals surface area contributed by atoms with E-state index in [1.54, 1.807) is 29.3 Å². The highest BCUT2D eigenvalue weighted by atomic mass is 79.9. The molecule has 2 rings (SSSR count). The van der Waals surface area contributed by atoms with Gasteiger partial charge in [0.15, 0.2) is 0 Å². The Labute approximate surface area is 125 Å². The first-order valence-corrected chi connectivity index (χ1v) is 7.10. The number of halogens is 1. The maximum Gasteiger partial charge on any atom is 0.272 e. The fraction of sp³-hybridized carbons (Fsp3) is 0.385. The van der Waals surface area contributed by atoms with Crippen LogP contribution in [-0.4, -0.2) is 25.7 Å². The number of carbonyl (C=O) groups is 1. The second-order valence-corrected chi connectivity index (χ2v) is 5.65. The van der Waals surface area contributed by atoms with Gasteiger partial charge in [-0.2, -0.15) is 5.10 Å². The van der Waals surface area contributed by atoms with Crippen molar-refractivity contribution in [2.45, 2.75) is 32.9 Å². The van der Waals surface area contributed by atoms with Crippen LogP contribution in [0.2, 0.25) is 0 Å². The van der Waals surface area contributed by atoms with E-state index in [1.165, 1.54) is 0 Å². The van der Waals surface area contributed by atoms with Crippen LogP contribution in [0.3, 0.4) is 0 Å². The van der Waals surface area contributed by atoms with E-state index in [4.69, 9.17) is 0 Å². The van der Waals surface area contributed by atoms with E-state index in [0.29, 0.717) is 11.5 Å².